The van der Waals surface area contributed by atoms with Crippen LogP contribution in [0.5, 0.6) is 0 Å². The van der Waals surface area contributed by atoms with Crippen molar-refractivity contribution in [2.24, 2.45) is 11.8 Å². The Morgan fingerprint density at radius 3 is 2.45 bits per heavy atom. The zero-order chi connectivity index (χ0) is 44.0. The molecule has 1 aliphatic carbocycles. The number of rotatable bonds is 16. The van der Waals surface area contributed by atoms with Gasteiger partial charge < -0.3 is 40.8 Å². The summed E-state index contributed by atoms with van der Waals surface area (Å²) in [6.45, 7) is 13.2. The van der Waals surface area contributed by atoms with Gasteiger partial charge >= 0.3 is 6.03 Å². The predicted molar refractivity (Wildman–Crippen MR) is 233 cm³/mol. The Hall–Kier alpha value is -4.21. The summed E-state index contributed by atoms with van der Waals surface area (Å²) >= 11 is 1.88. The summed E-state index contributed by atoms with van der Waals surface area (Å²) in [7, 11) is 3.16. The molecule has 4 aliphatic rings. The predicted octanol–water partition coefficient (Wildman–Crippen LogP) is 5.25. The Morgan fingerprint density at radius 1 is 0.983 bits per heavy atom. The van der Waals surface area contributed by atoms with Crippen molar-refractivity contribution in [3.63, 3.8) is 0 Å². The molecule has 8 atom stereocenters. The lowest BCUT2D eigenvalue weighted by molar-refractivity contribution is -0.136. The number of hydrogen-bond acceptors (Lipinski definition) is 11. The number of methoxy groups -OCH3 is 2. The number of fused-ring (bicyclic) bond motifs is 3. The number of amides is 4. The molecule has 0 aromatic rings. The van der Waals surface area contributed by atoms with E-state index in [0.29, 0.717) is 56.1 Å². The van der Waals surface area contributed by atoms with Crippen molar-refractivity contribution in [3.8, 4) is 0 Å². The number of ketones is 2. The van der Waals surface area contributed by atoms with Crippen LogP contribution in [-0.4, -0.2) is 104 Å². The van der Waals surface area contributed by atoms with Crippen molar-refractivity contribution < 1.29 is 43.0 Å². The smallest absolute Gasteiger partial charge is 0.315 e. The molecule has 0 aromatic carbocycles. The summed E-state index contributed by atoms with van der Waals surface area (Å²) in [5.41, 5.74) is 1.04. The van der Waals surface area contributed by atoms with Gasteiger partial charge in [0.1, 0.15) is 6.10 Å². The van der Waals surface area contributed by atoms with Crippen molar-refractivity contribution in [2.45, 2.75) is 140 Å². The summed E-state index contributed by atoms with van der Waals surface area (Å²) in [4.78, 5) is 76.8. The van der Waals surface area contributed by atoms with Gasteiger partial charge in [-0.15, -0.1) is 0 Å². The van der Waals surface area contributed by atoms with Crippen LogP contribution >= 0.6 is 11.8 Å². The normalized spacial score (nSPS) is 32.6. The molecule has 2 bridgehead atoms. The van der Waals surface area contributed by atoms with Gasteiger partial charge in [-0.1, -0.05) is 44.6 Å². The van der Waals surface area contributed by atoms with Gasteiger partial charge in [0.25, 0.3) is 12.4 Å². The lowest BCUT2D eigenvalue weighted by atomic mass is 9.79. The number of carbonyl (C=O) groups is 6. The molecule has 4 amide bonds. The average Bonchev–Trinajstić information content (AvgIpc) is 3.57. The maximum absolute atomic E-state index is 14.0. The van der Waals surface area contributed by atoms with Crippen LogP contribution in [0.1, 0.15) is 106 Å². The molecule has 14 nitrogen and oxygen atoms in total. The second-order valence-corrected chi connectivity index (χ2v) is 18.4. The van der Waals surface area contributed by atoms with Crippen LogP contribution < -0.4 is 26.6 Å². The Labute approximate surface area is 360 Å². The summed E-state index contributed by atoms with van der Waals surface area (Å²) in [5, 5.41) is 15.4. The van der Waals surface area contributed by atoms with Gasteiger partial charge in [-0.05, 0) is 96.5 Å². The van der Waals surface area contributed by atoms with E-state index in [1.54, 1.807) is 32.3 Å². The van der Waals surface area contributed by atoms with E-state index in [0.717, 1.165) is 49.9 Å². The number of nitrogens with one attached hydrogen (secondary N) is 5. The monoisotopic (exact) mass is 853 g/mol. The second-order valence-electron chi connectivity index (χ2n) is 17.2. The third kappa shape index (κ3) is 12.7. The maximum Gasteiger partial charge on any atom is 0.315 e. The number of ether oxygens (including phenoxy) is 3. The summed E-state index contributed by atoms with van der Waals surface area (Å²) in [6, 6.07) is -0.107. The van der Waals surface area contributed by atoms with Gasteiger partial charge in [-0.3, -0.25) is 24.0 Å². The number of hydrogen-bond donors (Lipinski definition) is 5. The molecule has 4 rings (SSSR count). The lowest BCUT2D eigenvalue weighted by Crippen LogP contribution is -2.58. The van der Waals surface area contributed by atoms with Gasteiger partial charge in [0, 0.05) is 62.0 Å². The zero-order valence-corrected chi connectivity index (χ0v) is 37.5. The molecule has 0 radical (unpaired) electrons. The first-order valence-corrected chi connectivity index (χ1v) is 22.4. The summed E-state index contributed by atoms with van der Waals surface area (Å²) in [6.07, 6.45) is 13.6. The lowest BCUT2D eigenvalue weighted by Gasteiger charge is -2.35. The second kappa shape index (κ2) is 22.6. The molecule has 2 saturated heterocycles. The molecule has 0 aromatic heterocycles. The van der Waals surface area contributed by atoms with E-state index in [1.165, 1.54) is 13.2 Å². The molecule has 0 saturated carbocycles. The van der Waals surface area contributed by atoms with Crippen LogP contribution in [0.2, 0.25) is 0 Å². The fraction of sp³-hybridized carbons (Fsp3) is 0.644. The van der Waals surface area contributed by atoms with Crippen molar-refractivity contribution in [3.05, 3.63) is 58.5 Å². The minimum atomic E-state index is -0.686. The number of unbranched alkanes of at least 4 members (excludes halogenated alkanes) is 3. The van der Waals surface area contributed by atoms with Crippen molar-refractivity contribution >= 4 is 47.6 Å². The standard InChI is InChI=1S/C45H67N5O9S/c1-28-21-31(4)41(59-27-51)36(58-8)16-14-15-30(3)42(55)48-34-25-35(52)39(33(40(34)54)24-29(2)23-32(22-28)57-7)47-20-13-9-12-19-46-38(53)18-11-10-17-37-45(6)44(5,26-60-37)49-43(56)50-45/h14-16,21,25,27-29,32,36-37,41,47H,9-13,17-20,22-24,26H2,1-8H3,(H,46,53)(H,48,55)(H2,49,50,56)/b16-14-,30-15+,31-21+/t28-,29-,32+,36-,37?,41-,44?,45?/m0/s1. The van der Waals surface area contributed by atoms with Gasteiger partial charge in [-0.25, -0.2) is 4.79 Å². The molecule has 332 valence electrons. The third-order valence-corrected chi connectivity index (χ3v) is 14.1. The third-order valence-electron chi connectivity index (χ3n) is 12.3. The van der Waals surface area contributed by atoms with E-state index in [9.17, 15) is 28.8 Å². The van der Waals surface area contributed by atoms with Gasteiger partial charge in [0.05, 0.1) is 28.6 Å². The SMILES string of the molecule is CO[C@H]1C[C@H](C)CC2=C(NCCCCCNC(=O)CCCCC3SCC4(C)NC(=O)NC34C)C(=O)C=C(NC(=O)/C(C)=C/C=C\[C@H](OC)[C@@H](OC=O)/C(C)=C/[C@H](C)C1)C2=O. The first-order chi connectivity index (χ1) is 28.5. The van der Waals surface area contributed by atoms with Crippen LogP contribution in [-0.2, 0) is 38.2 Å². The number of allylic oxidation sites excluding steroid dienone is 5. The highest BCUT2D eigenvalue weighted by atomic mass is 32.2. The van der Waals surface area contributed by atoms with Crippen molar-refractivity contribution in [2.75, 3.05) is 33.1 Å². The number of Topliss-reactive ketones (excluding diaryl/α,β-unsaturated/α-hetero) is 1. The molecular formula is C45H67N5O9S. The number of urea groups is 1. The minimum Gasteiger partial charge on any atom is -0.457 e. The van der Waals surface area contributed by atoms with Gasteiger partial charge in [0.15, 0.2) is 6.10 Å². The topological polar surface area (TPSA) is 190 Å². The highest BCUT2D eigenvalue weighted by Gasteiger charge is 2.60. The average molecular weight is 854 g/mol. The van der Waals surface area contributed by atoms with Crippen LogP contribution in [0, 0.1) is 11.8 Å². The van der Waals surface area contributed by atoms with Gasteiger partial charge in [-0.2, -0.15) is 11.8 Å². The Balaban J connectivity index is 1.33. The van der Waals surface area contributed by atoms with Crippen molar-refractivity contribution in [1.82, 2.24) is 26.6 Å². The summed E-state index contributed by atoms with van der Waals surface area (Å²) in [5.74, 6) is -0.438. The first-order valence-electron chi connectivity index (χ1n) is 21.3. The van der Waals surface area contributed by atoms with Crippen LogP contribution in [0.15, 0.2) is 58.5 Å². The molecule has 15 heteroatoms. The van der Waals surface area contributed by atoms with Crippen LogP contribution in [0.4, 0.5) is 4.79 Å². The zero-order valence-electron chi connectivity index (χ0n) is 36.7. The Kier molecular flexibility index (Phi) is 18.2. The molecule has 3 heterocycles. The fourth-order valence-electron chi connectivity index (χ4n) is 8.57. The van der Waals surface area contributed by atoms with E-state index < -0.39 is 23.9 Å². The highest BCUT2D eigenvalue weighted by Crippen LogP contribution is 2.47. The summed E-state index contributed by atoms with van der Waals surface area (Å²) < 4.78 is 17.0. The molecule has 2 fully saturated rings. The number of carbonyl (C=O) groups excluding carboxylic acids is 6. The minimum absolute atomic E-state index is 0.0270. The molecule has 60 heavy (non-hydrogen) atoms. The molecule has 5 N–H and O–H groups in total. The van der Waals surface area contributed by atoms with E-state index in [-0.39, 0.29) is 63.7 Å². The Morgan fingerprint density at radius 2 is 1.73 bits per heavy atom. The largest absolute Gasteiger partial charge is 0.457 e. The molecule has 3 aliphatic heterocycles. The molecule has 3 unspecified atom stereocenters. The van der Waals surface area contributed by atoms with E-state index in [2.05, 4.69) is 47.4 Å². The number of thioether (sulfide) groups is 1. The van der Waals surface area contributed by atoms with Crippen LogP contribution in [0.3, 0.4) is 0 Å². The molecular weight excluding hydrogens is 787 g/mol. The van der Waals surface area contributed by atoms with E-state index in [4.69, 9.17) is 14.2 Å². The molecule has 0 spiro atoms. The Bertz CT molecular complexity index is 1760. The van der Waals surface area contributed by atoms with E-state index in [1.807, 2.05) is 31.7 Å². The quantitative estimate of drug-likeness (QED) is 0.0449. The highest BCUT2D eigenvalue weighted by molar-refractivity contribution is 8.00. The van der Waals surface area contributed by atoms with E-state index >= 15 is 0 Å². The fourth-order valence-corrected chi connectivity index (χ4v) is 10.5. The van der Waals surface area contributed by atoms with Crippen LogP contribution in [0.25, 0.3) is 0 Å². The first kappa shape index (κ1) is 48.5. The van der Waals surface area contributed by atoms with Gasteiger partial charge in [0.2, 0.25) is 17.5 Å². The maximum atomic E-state index is 14.0. The van der Waals surface area contributed by atoms with Crippen molar-refractivity contribution in [1.29, 1.82) is 0 Å².